The maximum atomic E-state index is 14.0. The van der Waals surface area contributed by atoms with Gasteiger partial charge >= 0.3 is 0 Å². The molecule has 0 unspecified atom stereocenters. The molecule has 0 aliphatic heterocycles. The number of methoxy groups -OCH3 is 1. The highest BCUT2D eigenvalue weighted by atomic mass is 32.2. The third-order valence-corrected chi connectivity index (χ3v) is 5.60. The van der Waals surface area contributed by atoms with Crippen LogP contribution in [0.1, 0.15) is 16.7 Å². The number of rotatable bonds is 9. The molecule has 0 spiro atoms. The number of halogens is 1. The summed E-state index contributed by atoms with van der Waals surface area (Å²) in [6, 6.07) is 22.1. The van der Waals surface area contributed by atoms with Crippen molar-refractivity contribution < 1.29 is 13.9 Å². The van der Waals surface area contributed by atoms with E-state index in [-0.39, 0.29) is 12.4 Å². The van der Waals surface area contributed by atoms with Gasteiger partial charge in [-0.2, -0.15) is 9.78 Å². The lowest BCUT2D eigenvalue weighted by Gasteiger charge is -2.13. The zero-order valence-corrected chi connectivity index (χ0v) is 18.2. The Morgan fingerprint density at radius 1 is 1.03 bits per heavy atom. The van der Waals surface area contributed by atoms with Gasteiger partial charge in [0, 0.05) is 16.9 Å². The van der Waals surface area contributed by atoms with Gasteiger partial charge in [-0.25, -0.2) is 4.39 Å². The number of ether oxygens (including phenoxy) is 2. The third kappa shape index (κ3) is 5.33. The summed E-state index contributed by atoms with van der Waals surface area (Å²) < 4.78 is 27.0. The van der Waals surface area contributed by atoms with E-state index >= 15 is 0 Å². The lowest BCUT2D eigenvalue weighted by molar-refractivity contribution is 0.279. The van der Waals surface area contributed by atoms with E-state index in [1.54, 1.807) is 60.4 Å². The Bertz CT molecular complexity index is 1200. The van der Waals surface area contributed by atoms with Crippen LogP contribution in [0.25, 0.3) is 0 Å². The molecule has 0 aliphatic rings. The van der Waals surface area contributed by atoms with Gasteiger partial charge in [0.25, 0.3) is 0 Å². The molecule has 0 amide bonds. The topological polar surface area (TPSA) is 61.5 Å². The predicted octanol–water partition coefficient (Wildman–Crippen LogP) is 5.18. The Morgan fingerprint density at radius 3 is 2.66 bits per heavy atom. The number of para-hydroxylation sites is 1. The van der Waals surface area contributed by atoms with E-state index in [1.807, 2.05) is 30.3 Å². The zero-order valence-electron chi connectivity index (χ0n) is 17.4. The molecule has 0 N–H and O–H groups in total. The fourth-order valence-electron chi connectivity index (χ4n) is 2.96. The van der Waals surface area contributed by atoms with Crippen LogP contribution in [0.2, 0.25) is 0 Å². The highest BCUT2D eigenvalue weighted by molar-refractivity contribution is 7.98. The van der Waals surface area contributed by atoms with Gasteiger partial charge in [-0.05, 0) is 23.8 Å². The van der Waals surface area contributed by atoms with E-state index in [0.717, 1.165) is 5.75 Å². The highest BCUT2D eigenvalue weighted by Crippen LogP contribution is 2.31. The largest absolute Gasteiger partial charge is 0.493 e. The molecule has 0 bridgehead atoms. The summed E-state index contributed by atoms with van der Waals surface area (Å²) in [5.74, 6) is 1.45. The molecule has 0 saturated heterocycles. The first-order valence-electron chi connectivity index (χ1n) is 9.89. The Morgan fingerprint density at radius 2 is 1.84 bits per heavy atom. The van der Waals surface area contributed by atoms with Gasteiger partial charge in [0.1, 0.15) is 18.8 Å². The highest BCUT2D eigenvalue weighted by Gasteiger charge is 2.12. The van der Waals surface area contributed by atoms with Crippen molar-refractivity contribution in [1.29, 1.82) is 0 Å². The Hall–Kier alpha value is -3.65. The number of hydrogen-bond donors (Lipinski definition) is 0. The molecule has 6 nitrogen and oxygen atoms in total. The molecule has 32 heavy (non-hydrogen) atoms. The van der Waals surface area contributed by atoms with Crippen LogP contribution in [0.3, 0.4) is 0 Å². The average molecular weight is 449 g/mol. The molecular formula is C24H21FN4O2S. The minimum Gasteiger partial charge on any atom is -0.493 e. The number of hydrogen-bond acceptors (Lipinski definition) is 6. The lowest BCUT2D eigenvalue weighted by Crippen LogP contribution is -2.03. The van der Waals surface area contributed by atoms with E-state index < -0.39 is 0 Å². The average Bonchev–Trinajstić information content (AvgIpc) is 3.29. The van der Waals surface area contributed by atoms with Gasteiger partial charge in [0.15, 0.2) is 11.5 Å². The Kier molecular flexibility index (Phi) is 7.14. The van der Waals surface area contributed by atoms with Crippen molar-refractivity contribution >= 4 is 18.0 Å². The van der Waals surface area contributed by atoms with Crippen LogP contribution >= 0.6 is 11.8 Å². The van der Waals surface area contributed by atoms with Gasteiger partial charge in [-0.1, -0.05) is 66.4 Å². The second kappa shape index (κ2) is 10.6. The zero-order chi connectivity index (χ0) is 22.2. The van der Waals surface area contributed by atoms with E-state index in [9.17, 15) is 4.39 Å². The third-order valence-electron chi connectivity index (χ3n) is 4.59. The molecule has 0 atom stereocenters. The van der Waals surface area contributed by atoms with Crippen LogP contribution in [0.15, 0.2) is 89.4 Å². The number of nitrogens with zero attached hydrogens (tertiary/aromatic N) is 4. The molecule has 162 valence electrons. The van der Waals surface area contributed by atoms with Gasteiger partial charge in [0.05, 0.1) is 13.3 Å². The second-order valence-electron chi connectivity index (χ2n) is 6.74. The molecule has 3 aromatic carbocycles. The van der Waals surface area contributed by atoms with Crippen LogP contribution in [0.4, 0.5) is 4.39 Å². The van der Waals surface area contributed by atoms with Crippen LogP contribution in [-0.4, -0.2) is 28.2 Å². The summed E-state index contributed by atoms with van der Waals surface area (Å²) in [7, 11) is 1.56. The maximum Gasteiger partial charge on any atom is 0.212 e. The van der Waals surface area contributed by atoms with Gasteiger partial charge in [-0.3, -0.25) is 0 Å². The Balaban J connectivity index is 1.52. The number of thioether (sulfide) groups is 1. The minimum absolute atomic E-state index is 0.0681. The number of benzene rings is 3. The summed E-state index contributed by atoms with van der Waals surface area (Å²) in [4.78, 5) is 0. The van der Waals surface area contributed by atoms with Crippen molar-refractivity contribution in [3.05, 3.63) is 102 Å². The van der Waals surface area contributed by atoms with E-state index in [0.29, 0.717) is 27.8 Å². The normalized spacial score (nSPS) is 11.1. The van der Waals surface area contributed by atoms with E-state index in [4.69, 9.17) is 9.47 Å². The van der Waals surface area contributed by atoms with Crippen molar-refractivity contribution in [3.63, 3.8) is 0 Å². The summed E-state index contributed by atoms with van der Waals surface area (Å²) in [5.41, 5.74) is 2.33. The minimum atomic E-state index is -0.317. The predicted molar refractivity (Wildman–Crippen MR) is 123 cm³/mol. The molecule has 4 rings (SSSR count). The van der Waals surface area contributed by atoms with Crippen molar-refractivity contribution in [2.75, 3.05) is 7.11 Å². The summed E-state index contributed by atoms with van der Waals surface area (Å²) >= 11 is 1.54. The smallest absolute Gasteiger partial charge is 0.212 e. The molecule has 1 heterocycles. The molecule has 0 fully saturated rings. The van der Waals surface area contributed by atoms with Crippen molar-refractivity contribution in [3.8, 4) is 11.5 Å². The second-order valence-corrected chi connectivity index (χ2v) is 7.68. The first-order valence-corrected chi connectivity index (χ1v) is 10.9. The van der Waals surface area contributed by atoms with E-state index in [2.05, 4.69) is 27.4 Å². The fraction of sp³-hybridized carbons (Fsp3) is 0.125. The fourth-order valence-corrected chi connectivity index (χ4v) is 3.77. The summed E-state index contributed by atoms with van der Waals surface area (Å²) in [6.45, 7) is 0.0681. The first kappa shape index (κ1) is 21.6. The van der Waals surface area contributed by atoms with E-state index in [1.165, 1.54) is 11.6 Å². The van der Waals surface area contributed by atoms with Gasteiger partial charge < -0.3 is 9.47 Å². The lowest BCUT2D eigenvalue weighted by atomic mass is 10.2. The molecule has 0 saturated carbocycles. The summed E-state index contributed by atoms with van der Waals surface area (Å²) in [5, 5.41) is 13.3. The van der Waals surface area contributed by atoms with Crippen LogP contribution in [0.5, 0.6) is 11.5 Å². The standard InChI is InChI=1S/C24H21FN4O2S/c1-30-22-13-7-11-19(23(22)31-15-20-10-5-6-12-21(20)25)14-27-29-17-26-28-24(29)32-16-18-8-3-2-4-9-18/h2-14,17H,15-16H2,1H3/b27-14+. The molecule has 1 aromatic heterocycles. The van der Waals surface area contributed by atoms with Crippen molar-refractivity contribution in [1.82, 2.24) is 14.9 Å². The first-order chi connectivity index (χ1) is 15.7. The van der Waals surface area contributed by atoms with Crippen molar-refractivity contribution in [2.45, 2.75) is 17.5 Å². The van der Waals surface area contributed by atoms with Crippen LogP contribution in [-0.2, 0) is 12.4 Å². The number of aromatic nitrogens is 3. The molecule has 4 aromatic rings. The Labute approximate surface area is 189 Å². The van der Waals surface area contributed by atoms with Gasteiger partial charge in [0.2, 0.25) is 5.16 Å². The quantitative estimate of drug-likeness (QED) is 0.261. The van der Waals surface area contributed by atoms with Gasteiger partial charge in [-0.15, -0.1) is 10.2 Å². The monoisotopic (exact) mass is 448 g/mol. The van der Waals surface area contributed by atoms with Crippen LogP contribution < -0.4 is 9.47 Å². The van der Waals surface area contributed by atoms with Crippen LogP contribution in [0, 0.1) is 5.82 Å². The molecule has 0 aliphatic carbocycles. The maximum absolute atomic E-state index is 14.0. The molecule has 8 heteroatoms. The SMILES string of the molecule is COc1cccc(/C=N/n2cnnc2SCc2ccccc2)c1OCc1ccccc1F. The molecule has 0 radical (unpaired) electrons. The summed E-state index contributed by atoms with van der Waals surface area (Å²) in [6.07, 6.45) is 3.19. The molecular weight excluding hydrogens is 427 g/mol. The van der Waals surface area contributed by atoms with Crippen molar-refractivity contribution in [2.24, 2.45) is 5.10 Å².